The van der Waals surface area contributed by atoms with Gasteiger partial charge in [0.1, 0.15) is 5.82 Å². The molecule has 2 N–H and O–H groups in total. The van der Waals surface area contributed by atoms with E-state index in [1.807, 2.05) is 36.4 Å². The molecule has 19 heavy (non-hydrogen) atoms. The minimum Gasteiger partial charge on any atom is -0.398 e. The molecule has 0 unspecified atom stereocenters. The first-order valence-corrected chi connectivity index (χ1v) is 6.27. The fraction of sp³-hybridized carbons (Fsp3) is 0. The van der Waals surface area contributed by atoms with Gasteiger partial charge in [0.2, 0.25) is 0 Å². The summed E-state index contributed by atoms with van der Waals surface area (Å²) in [5.41, 5.74) is 8.45. The van der Waals surface area contributed by atoms with Crippen molar-refractivity contribution in [3.05, 3.63) is 65.4 Å². The maximum atomic E-state index is 13.1. The average molecular weight is 272 g/mol. The summed E-state index contributed by atoms with van der Waals surface area (Å²) in [6.45, 7) is 0. The molecule has 3 aromatic rings. The number of nitrogens with two attached hydrogens (primary N) is 1. The number of hydrogen-bond acceptors (Lipinski definition) is 1. The minimum atomic E-state index is -0.339. The molecule has 0 saturated carbocycles. The summed E-state index contributed by atoms with van der Waals surface area (Å²) < 4.78 is 13.1. The van der Waals surface area contributed by atoms with E-state index < -0.39 is 0 Å². The van der Waals surface area contributed by atoms with Crippen molar-refractivity contribution in [3.8, 4) is 11.1 Å². The van der Waals surface area contributed by atoms with Crippen LogP contribution in [0.15, 0.2) is 54.6 Å². The molecule has 1 nitrogen and oxygen atoms in total. The van der Waals surface area contributed by atoms with E-state index in [9.17, 15) is 4.39 Å². The van der Waals surface area contributed by atoms with Crippen LogP contribution in [-0.4, -0.2) is 0 Å². The molecule has 0 atom stereocenters. The van der Waals surface area contributed by atoms with Crippen molar-refractivity contribution in [1.82, 2.24) is 0 Å². The molecule has 94 valence electrons. The monoisotopic (exact) mass is 271 g/mol. The van der Waals surface area contributed by atoms with E-state index in [4.69, 9.17) is 17.3 Å². The highest BCUT2D eigenvalue weighted by Crippen LogP contribution is 2.35. The van der Waals surface area contributed by atoms with Crippen molar-refractivity contribution in [1.29, 1.82) is 0 Å². The first-order chi connectivity index (χ1) is 9.16. The van der Waals surface area contributed by atoms with Gasteiger partial charge in [0, 0.05) is 16.6 Å². The third-order valence-corrected chi connectivity index (χ3v) is 3.49. The summed E-state index contributed by atoms with van der Waals surface area (Å²) in [7, 11) is 0. The van der Waals surface area contributed by atoms with Gasteiger partial charge in [-0.15, -0.1) is 0 Å². The van der Waals surface area contributed by atoms with Gasteiger partial charge in [-0.3, -0.25) is 0 Å². The van der Waals surface area contributed by atoms with Crippen LogP contribution >= 0.6 is 11.6 Å². The van der Waals surface area contributed by atoms with Crippen molar-refractivity contribution in [2.45, 2.75) is 0 Å². The largest absolute Gasteiger partial charge is 0.398 e. The third-order valence-electron chi connectivity index (χ3n) is 3.18. The van der Waals surface area contributed by atoms with Gasteiger partial charge < -0.3 is 5.73 Å². The first-order valence-electron chi connectivity index (χ1n) is 5.89. The van der Waals surface area contributed by atoms with Crippen molar-refractivity contribution >= 4 is 28.1 Å². The Morgan fingerprint density at radius 2 is 1.58 bits per heavy atom. The van der Waals surface area contributed by atoms with E-state index in [-0.39, 0.29) is 5.82 Å². The topological polar surface area (TPSA) is 26.0 Å². The fourth-order valence-electron chi connectivity index (χ4n) is 2.28. The Bertz CT molecular complexity index is 768. The van der Waals surface area contributed by atoms with Gasteiger partial charge in [0.05, 0.1) is 5.02 Å². The van der Waals surface area contributed by atoms with Crippen LogP contribution in [0.2, 0.25) is 5.02 Å². The number of halogens is 2. The Balaban J connectivity index is 2.34. The molecule has 0 aliphatic carbocycles. The summed E-state index contributed by atoms with van der Waals surface area (Å²) in [5.74, 6) is -0.339. The highest BCUT2D eigenvalue weighted by molar-refractivity contribution is 6.33. The minimum absolute atomic E-state index is 0.339. The molecule has 0 radical (unpaired) electrons. The zero-order valence-electron chi connectivity index (χ0n) is 10.0. The Kier molecular flexibility index (Phi) is 2.88. The SMILES string of the molecule is Nc1cccc2c(-c3ccc(F)cc3Cl)cccc12. The van der Waals surface area contributed by atoms with Crippen molar-refractivity contribution in [2.24, 2.45) is 0 Å². The Hall–Kier alpha value is -2.06. The molecule has 3 aromatic carbocycles. The van der Waals surface area contributed by atoms with Crippen LogP contribution in [0.3, 0.4) is 0 Å². The van der Waals surface area contributed by atoms with Crippen molar-refractivity contribution in [2.75, 3.05) is 5.73 Å². The Morgan fingerprint density at radius 1 is 0.842 bits per heavy atom. The van der Waals surface area contributed by atoms with Crippen LogP contribution in [0, 0.1) is 5.82 Å². The van der Waals surface area contributed by atoms with E-state index in [1.54, 1.807) is 6.07 Å². The zero-order valence-corrected chi connectivity index (χ0v) is 10.8. The quantitative estimate of drug-likeness (QED) is 0.627. The lowest BCUT2D eigenvalue weighted by Gasteiger charge is -2.10. The fourth-order valence-corrected chi connectivity index (χ4v) is 2.55. The molecule has 0 bridgehead atoms. The summed E-state index contributed by atoms with van der Waals surface area (Å²) in [5, 5.41) is 2.38. The molecule has 0 aliphatic heterocycles. The number of nitrogen functional groups attached to an aromatic ring is 1. The van der Waals surface area contributed by atoms with Gasteiger partial charge in [0.25, 0.3) is 0 Å². The van der Waals surface area contributed by atoms with Crippen LogP contribution in [0.4, 0.5) is 10.1 Å². The summed E-state index contributed by atoms with van der Waals surface area (Å²) in [6, 6.07) is 16.0. The van der Waals surface area contributed by atoms with Crippen molar-refractivity contribution in [3.63, 3.8) is 0 Å². The van der Waals surface area contributed by atoms with Crippen LogP contribution in [0.25, 0.3) is 21.9 Å². The van der Waals surface area contributed by atoms with Crippen LogP contribution in [-0.2, 0) is 0 Å². The molecule has 0 spiro atoms. The maximum absolute atomic E-state index is 13.1. The lowest BCUT2D eigenvalue weighted by atomic mass is 9.97. The molecule has 0 fully saturated rings. The second-order valence-electron chi connectivity index (χ2n) is 4.37. The predicted octanol–water partition coefficient (Wildman–Crippen LogP) is 4.88. The molecule has 0 aromatic heterocycles. The van der Waals surface area contributed by atoms with E-state index >= 15 is 0 Å². The molecule has 3 rings (SSSR count). The summed E-state index contributed by atoms with van der Waals surface area (Å²) in [6.07, 6.45) is 0. The van der Waals surface area contributed by atoms with Crippen LogP contribution in [0.5, 0.6) is 0 Å². The molecule has 0 saturated heterocycles. The van der Waals surface area contributed by atoms with Crippen molar-refractivity contribution < 1.29 is 4.39 Å². The second-order valence-corrected chi connectivity index (χ2v) is 4.78. The van der Waals surface area contributed by atoms with Gasteiger partial charge in [0.15, 0.2) is 0 Å². The summed E-state index contributed by atoms with van der Waals surface area (Å²) >= 11 is 6.13. The number of rotatable bonds is 1. The smallest absolute Gasteiger partial charge is 0.124 e. The van der Waals surface area contributed by atoms with Gasteiger partial charge in [-0.25, -0.2) is 4.39 Å². The van der Waals surface area contributed by atoms with Gasteiger partial charge in [-0.05, 0) is 35.2 Å². The molecule has 0 amide bonds. The Labute approximate surface area is 115 Å². The van der Waals surface area contributed by atoms with Gasteiger partial charge in [-0.1, -0.05) is 41.9 Å². The lowest BCUT2D eigenvalue weighted by molar-refractivity contribution is 0.628. The predicted molar refractivity (Wildman–Crippen MR) is 78.8 cm³/mol. The molecule has 0 aliphatic rings. The highest BCUT2D eigenvalue weighted by atomic mass is 35.5. The van der Waals surface area contributed by atoms with E-state index in [2.05, 4.69) is 0 Å². The van der Waals surface area contributed by atoms with Gasteiger partial charge in [-0.2, -0.15) is 0 Å². The second kappa shape index (κ2) is 4.56. The number of anilines is 1. The standard InChI is InChI=1S/C16H11ClFN/c17-15-9-10(18)7-8-13(15)11-3-1-5-14-12(11)4-2-6-16(14)19/h1-9H,19H2. The number of benzene rings is 3. The van der Waals surface area contributed by atoms with E-state index in [0.717, 1.165) is 27.6 Å². The molecular weight excluding hydrogens is 261 g/mol. The average Bonchev–Trinajstić information content (AvgIpc) is 2.39. The zero-order chi connectivity index (χ0) is 13.4. The van der Waals surface area contributed by atoms with E-state index in [0.29, 0.717) is 5.02 Å². The van der Waals surface area contributed by atoms with Crippen LogP contribution < -0.4 is 5.73 Å². The molecular formula is C16H11ClFN. The normalized spacial score (nSPS) is 10.8. The number of fused-ring (bicyclic) bond motifs is 1. The molecule has 0 heterocycles. The van der Waals surface area contributed by atoms with E-state index in [1.165, 1.54) is 12.1 Å². The maximum Gasteiger partial charge on any atom is 0.124 e. The Morgan fingerprint density at radius 3 is 2.37 bits per heavy atom. The highest BCUT2D eigenvalue weighted by Gasteiger charge is 2.09. The van der Waals surface area contributed by atoms with Crippen LogP contribution in [0.1, 0.15) is 0 Å². The summed E-state index contributed by atoms with van der Waals surface area (Å²) in [4.78, 5) is 0. The number of hydrogen-bond donors (Lipinski definition) is 1. The molecule has 3 heteroatoms. The van der Waals surface area contributed by atoms with Gasteiger partial charge >= 0.3 is 0 Å². The first kappa shape index (κ1) is 12.0. The lowest BCUT2D eigenvalue weighted by Crippen LogP contribution is -1.89. The third kappa shape index (κ3) is 2.04.